The Morgan fingerprint density at radius 3 is 2.43 bits per heavy atom. The van der Waals surface area contributed by atoms with Crippen molar-refractivity contribution in [2.24, 2.45) is 0 Å². The van der Waals surface area contributed by atoms with E-state index in [2.05, 4.69) is 29.1 Å². The number of hydrogen-bond acceptors (Lipinski definition) is 3. The topological polar surface area (TPSA) is 52.2 Å². The molecule has 114 valence electrons. The fraction of sp³-hybridized carbons (Fsp3) is 0.167. The number of imidazole rings is 1. The summed E-state index contributed by atoms with van der Waals surface area (Å²) >= 11 is 0. The Kier molecular flexibility index (Phi) is 3.01. The van der Waals surface area contributed by atoms with E-state index in [-0.39, 0.29) is 5.56 Å². The molecule has 0 saturated carbocycles. The summed E-state index contributed by atoms with van der Waals surface area (Å²) in [4.78, 5) is 16.2. The number of benzene rings is 2. The van der Waals surface area contributed by atoms with E-state index >= 15 is 0 Å². The highest BCUT2D eigenvalue weighted by Crippen LogP contribution is 2.20. The predicted molar refractivity (Wildman–Crippen MR) is 89.8 cm³/mol. The molecule has 0 fully saturated rings. The highest BCUT2D eigenvalue weighted by Gasteiger charge is 2.14. The van der Waals surface area contributed by atoms with Crippen LogP contribution in [0.5, 0.6) is 0 Å². The van der Waals surface area contributed by atoms with Crippen LogP contribution in [0.15, 0.2) is 53.3 Å². The molecule has 4 aromatic rings. The molecule has 0 amide bonds. The average molecular weight is 304 g/mol. The Balaban J connectivity index is 2.05. The van der Waals surface area contributed by atoms with Gasteiger partial charge in [0.2, 0.25) is 5.78 Å². The van der Waals surface area contributed by atoms with Crippen molar-refractivity contribution >= 4 is 16.8 Å². The van der Waals surface area contributed by atoms with Crippen molar-refractivity contribution in [1.82, 2.24) is 19.2 Å². The number of fused-ring (bicyclic) bond motifs is 3. The van der Waals surface area contributed by atoms with E-state index in [0.717, 1.165) is 11.0 Å². The molecule has 5 nitrogen and oxygen atoms in total. The molecule has 2 heterocycles. The first-order valence-corrected chi connectivity index (χ1v) is 7.54. The molecule has 0 bridgehead atoms. The summed E-state index contributed by atoms with van der Waals surface area (Å²) in [5.41, 5.74) is 4.50. The van der Waals surface area contributed by atoms with Crippen molar-refractivity contribution in [2.45, 2.75) is 20.4 Å². The second-order valence-corrected chi connectivity index (χ2v) is 5.72. The smallest absolute Gasteiger partial charge is 0.296 e. The highest BCUT2D eigenvalue weighted by molar-refractivity contribution is 5.80. The van der Waals surface area contributed by atoms with E-state index in [1.165, 1.54) is 11.1 Å². The molecule has 0 aliphatic rings. The van der Waals surface area contributed by atoms with Crippen molar-refractivity contribution in [3.63, 3.8) is 0 Å². The predicted octanol–water partition coefficient (Wildman–Crippen LogP) is 2.71. The molecule has 0 unspecified atom stereocenters. The van der Waals surface area contributed by atoms with Crippen LogP contribution in [0, 0.1) is 13.8 Å². The van der Waals surface area contributed by atoms with Gasteiger partial charge in [0.25, 0.3) is 5.56 Å². The molecule has 0 saturated heterocycles. The SMILES string of the molecule is Cc1ccccc1Cn1c2ccccc2n2nc(C)c(=O)nc12. The van der Waals surface area contributed by atoms with Crippen LogP contribution in [0.4, 0.5) is 0 Å². The Bertz CT molecular complexity index is 1090. The molecule has 23 heavy (non-hydrogen) atoms. The molecule has 4 rings (SSSR count). The van der Waals surface area contributed by atoms with E-state index in [4.69, 9.17) is 0 Å². The van der Waals surface area contributed by atoms with Crippen LogP contribution in [0.3, 0.4) is 0 Å². The Labute approximate surface area is 132 Å². The Hall–Kier alpha value is -2.95. The first kappa shape index (κ1) is 13.7. The van der Waals surface area contributed by atoms with Gasteiger partial charge >= 0.3 is 0 Å². The number of aryl methyl sites for hydroxylation is 2. The molecule has 5 heteroatoms. The summed E-state index contributed by atoms with van der Waals surface area (Å²) in [6.07, 6.45) is 0. The van der Waals surface area contributed by atoms with Gasteiger partial charge in [-0.1, -0.05) is 36.4 Å². The zero-order valence-corrected chi connectivity index (χ0v) is 13.0. The maximum atomic E-state index is 12.0. The third-order valence-electron chi connectivity index (χ3n) is 4.18. The zero-order chi connectivity index (χ0) is 16.0. The van der Waals surface area contributed by atoms with Crippen molar-refractivity contribution in [2.75, 3.05) is 0 Å². The van der Waals surface area contributed by atoms with Crippen LogP contribution in [0.1, 0.15) is 16.8 Å². The van der Waals surface area contributed by atoms with Gasteiger partial charge in [-0.15, -0.1) is 0 Å². The third-order valence-corrected chi connectivity index (χ3v) is 4.18. The van der Waals surface area contributed by atoms with Crippen LogP contribution in [-0.2, 0) is 6.54 Å². The second-order valence-electron chi connectivity index (χ2n) is 5.72. The van der Waals surface area contributed by atoms with Gasteiger partial charge in [0, 0.05) is 0 Å². The van der Waals surface area contributed by atoms with Crippen LogP contribution >= 0.6 is 0 Å². The molecular formula is C18H16N4O. The highest BCUT2D eigenvalue weighted by atomic mass is 16.1. The van der Waals surface area contributed by atoms with E-state index in [1.54, 1.807) is 11.4 Å². The fourth-order valence-electron chi connectivity index (χ4n) is 2.89. The van der Waals surface area contributed by atoms with Crippen molar-refractivity contribution < 1.29 is 0 Å². The Morgan fingerprint density at radius 2 is 1.65 bits per heavy atom. The van der Waals surface area contributed by atoms with Gasteiger partial charge in [-0.25, -0.2) is 0 Å². The third kappa shape index (κ3) is 2.12. The second kappa shape index (κ2) is 5.05. The van der Waals surface area contributed by atoms with E-state index in [1.807, 2.05) is 41.0 Å². The van der Waals surface area contributed by atoms with E-state index < -0.39 is 0 Å². The number of rotatable bonds is 2. The van der Waals surface area contributed by atoms with E-state index in [9.17, 15) is 4.79 Å². The summed E-state index contributed by atoms with van der Waals surface area (Å²) < 4.78 is 3.80. The molecule has 0 radical (unpaired) electrons. The summed E-state index contributed by atoms with van der Waals surface area (Å²) in [5.74, 6) is 0.574. The van der Waals surface area contributed by atoms with Gasteiger partial charge in [-0.3, -0.25) is 4.79 Å². The summed E-state index contributed by atoms with van der Waals surface area (Å²) in [6, 6.07) is 16.2. The molecular weight excluding hydrogens is 288 g/mol. The minimum absolute atomic E-state index is 0.279. The molecule has 0 atom stereocenters. The standard InChI is InChI=1S/C18H16N4O/c1-12-7-3-4-8-14(12)11-21-15-9-5-6-10-16(15)22-18(21)19-17(23)13(2)20-22/h3-10H,11H2,1-2H3. The number of hydrogen-bond donors (Lipinski definition) is 0. The van der Waals surface area contributed by atoms with Gasteiger partial charge in [-0.2, -0.15) is 14.6 Å². The van der Waals surface area contributed by atoms with Crippen molar-refractivity contribution in [3.8, 4) is 0 Å². The molecule has 2 aromatic heterocycles. The van der Waals surface area contributed by atoms with E-state index in [0.29, 0.717) is 18.0 Å². The molecule has 0 aliphatic carbocycles. The van der Waals surface area contributed by atoms with Gasteiger partial charge in [-0.05, 0) is 37.1 Å². The largest absolute Gasteiger partial charge is 0.304 e. The van der Waals surface area contributed by atoms with Crippen LogP contribution < -0.4 is 5.56 Å². The molecule has 0 spiro atoms. The van der Waals surface area contributed by atoms with Crippen molar-refractivity contribution in [1.29, 1.82) is 0 Å². The lowest BCUT2D eigenvalue weighted by Crippen LogP contribution is -2.17. The minimum atomic E-state index is -0.279. The summed E-state index contributed by atoms with van der Waals surface area (Å²) in [7, 11) is 0. The lowest BCUT2D eigenvalue weighted by molar-refractivity contribution is 0.788. The maximum absolute atomic E-state index is 12.0. The van der Waals surface area contributed by atoms with Gasteiger partial charge < -0.3 is 4.57 Å². The quantitative estimate of drug-likeness (QED) is 0.572. The maximum Gasteiger partial charge on any atom is 0.296 e. The van der Waals surface area contributed by atoms with Gasteiger partial charge in [0.05, 0.1) is 17.6 Å². The fourth-order valence-corrected chi connectivity index (χ4v) is 2.89. The summed E-state index contributed by atoms with van der Waals surface area (Å²) in [6.45, 7) is 4.43. The number of para-hydroxylation sites is 2. The zero-order valence-electron chi connectivity index (χ0n) is 13.0. The number of aromatic nitrogens is 4. The molecule has 0 N–H and O–H groups in total. The summed E-state index contributed by atoms with van der Waals surface area (Å²) in [5, 5.41) is 4.41. The van der Waals surface area contributed by atoms with Gasteiger partial charge in [0.1, 0.15) is 5.69 Å². The number of nitrogens with zero attached hydrogens (tertiary/aromatic N) is 4. The van der Waals surface area contributed by atoms with Crippen molar-refractivity contribution in [3.05, 3.63) is 75.7 Å². The monoisotopic (exact) mass is 304 g/mol. The van der Waals surface area contributed by atoms with Crippen LogP contribution in [0.25, 0.3) is 16.8 Å². The minimum Gasteiger partial charge on any atom is -0.304 e. The Morgan fingerprint density at radius 1 is 0.957 bits per heavy atom. The van der Waals surface area contributed by atoms with Crippen LogP contribution in [-0.4, -0.2) is 19.2 Å². The van der Waals surface area contributed by atoms with Crippen LogP contribution in [0.2, 0.25) is 0 Å². The normalized spacial score (nSPS) is 11.4. The lowest BCUT2D eigenvalue weighted by Gasteiger charge is -2.08. The molecule has 2 aromatic carbocycles. The average Bonchev–Trinajstić information content (AvgIpc) is 2.84. The molecule has 0 aliphatic heterocycles. The van der Waals surface area contributed by atoms with Gasteiger partial charge in [0.15, 0.2) is 0 Å². The first-order chi connectivity index (χ1) is 11.1. The lowest BCUT2D eigenvalue weighted by atomic mass is 10.1. The first-order valence-electron chi connectivity index (χ1n) is 7.54.